The Kier molecular flexibility index (Phi) is 4.16. The highest BCUT2D eigenvalue weighted by molar-refractivity contribution is 7.91. The zero-order valence-electron chi connectivity index (χ0n) is 10.6. The second kappa shape index (κ2) is 5.51. The summed E-state index contributed by atoms with van der Waals surface area (Å²) in [6.07, 6.45) is 0.822. The third kappa shape index (κ3) is 3.48. The van der Waals surface area contributed by atoms with Gasteiger partial charge in [0.25, 0.3) is 0 Å². The number of ether oxygens (including phenoxy) is 1. The zero-order valence-corrected chi connectivity index (χ0v) is 12.1. The van der Waals surface area contributed by atoms with E-state index < -0.39 is 9.84 Å². The van der Waals surface area contributed by atoms with Crippen LogP contribution < -0.4 is 4.74 Å². The molecule has 19 heavy (non-hydrogen) atoms. The molecule has 1 aromatic carbocycles. The van der Waals surface area contributed by atoms with Crippen LogP contribution in [0.1, 0.15) is 23.2 Å². The molecule has 1 aromatic rings. The predicted octanol–water partition coefficient (Wildman–Crippen LogP) is 2.36. The normalized spacial score (nSPS) is 21.3. The molecule has 1 aliphatic rings. The van der Waals surface area contributed by atoms with Crippen LogP contribution in [0.25, 0.3) is 0 Å². The van der Waals surface area contributed by atoms with Gasteiger partial charge in [-0.3, -0.25) is 4.79 Å². The molecule has 0 N–H and O–H groups in total. The van der Waals surface area contributed by atoms with Gasteiger partial charge in [-0.05, 0) is 30.5 Å². The number of ketones is 1. The van der Waals surface area contributed by atoms with Gasteiger partial charge in [0, 0.05) is 12.0 Å². The van der Waals surface area contributed by atoms with Crippen molar-refractivity contribution in [1.29, 1.82) is 0 Å². The fourth-order valence-corrected chi connectivity index (χ4v) is 4.30. The number of benzene rings is 1. The smallest absolute Gasteiger partial charge is 0.163 e. The van der Waals surface area contributed by atoms with Crippen molar-refractivity contribution in [2.45, 2.75) is 12.8 Å². The van der Waals surface area contributed by atoms with Crippen LogP contribution in [0, 0.1) is 5.92 Å². The molecule has 0 radical (unpaired) electrons. The molecule has 104 valence electrons. The van der Waals surface area contributed by atoms with E-state index in [4.69, 9.17) is 16.3 Å². The van der Waals surface area contributed by atoms with Crippen LogP contribution in [0.5, 0.6) is 5.75 Å². The summed E-state index contributed by atoms with van der Waals surface area (Å²) in [5.41, 5.74) is 0.505. The second-order valence-electron chi connectivity index (χ2n) is 4.75. The number of sulfone groups is 1. The van der Waals surface area contributed by atoms with Crippen LogP contribution in [-0.2, 0) is 9.84 Å². The summed E-state index contributed by atoms with van der Waals surface area (Å²) >= 11 is 5.89. The van der Waals surface area contributed by atoms with Crippen molar-refractivity contribution in [3.8, 4) is 5.75 Å². The molecule has 1 fully saturated rings. The number of methoxy groups -OCH3 is 1. The van der Waals surface area contributed by atoms with Gasteiger partial charge in [-0.1, -0.05) is 11.6 Å². The van der Waals surface area contributed by atoms with Gasteiger partial charge in [0.05, 0.1) is 23.6 Å². The van der Waals surface area contributed by atoms with Crippen molar-refractivity contribution in [1.82, 2.24) is 0 Å². The lowest BCUT2D eigenvalue weighted by Crippen LogP contribution is -2.10. The SMILES string of the molecule is COc1cc(C(=O)CC2CCS(=O)(=O)C2)ccc1Cl. The third-order valence-electron chi connectivity index (χ3n) is 3.27. The standard InChI is InChI=1S/C13H15ClO4S/c1-18-13-7-10(2-3-11(13)14)12(15)6-9-4-5-19(16,17)8-9/h2-3,7,9H,4-6,8H2,1H3. The van der Waals surface area contributed by atoms with E-state index in [9.17, 15) is 13.2 Å². The first-order valence-corrected chi connectivity index (χ1v) is 8.18. The average molecular weight is 303 g/mol. The van der Waals surface area contributed by atoms with E-state index in [0.29, 0.717) is 22.8 Å². The van der Waals surface area contributed by atoms with Crippen LogP contribution in [0.3, 0.4) is 0 Å². The molecule has 0 spiro atoms. The summed E-state index contributed by atoms with van der Waals surface area (Å²) in [5, 5.41) is 0.447. The number of carbonyl (C=O) groups is 1. The van der Waals surface area contributed by atoms with Crippen molar-refractivity contribution < 1.29 is 17.9 Å². The lowest BCUT2D eigenvalue weighted by atomic mass is 9.98. The molecule has 2 rings (SSSR count). The molecular formula is C13H15ClO4S. The molecule has 6 heteroatoms. The quantitative estimate of drug-likeness (QED) is 0.801. The Morgan fingerprint density at radius 3 is 2.79 bits per heavy atom. The molecule has 4 nitrogen and oxygen atoms in total. The maximum Gasteiger partial charge on any atom is 0.163 e. The Labute approximate surface area is 117 Å². The fraction of sp³-hybridized carbons (Fsp3) is 0.462. The van der Waals surface area contributed by atoms with E-state index in [-0.39, 0.29) is 29.6 Å². The van der Waals surface area contributed by atoms with Crippen LogP contribution in [-0.4, -0.2) is 32.8 Å². The van der Waals surface area contributed by atoms with Gasteiger partial charge in [0.15, 0.2) is 15.6 Å². The summed E-state index contributed by atoms with van der Waals surface area (Å²) in [4.78, 5) is 12.1. The Hall–Kier alpha value is -1.07. The largest absolute Gasteiger partial charge is 0.495 e. The van der Waals surface area contributed by atoms with Gasteiger partial charge in [0.2, 0.25) is 0 Å². The molecule has 0 aromatic heterocycles. The Bertz CT molecular complexity index is 595. The van der Waals surface area contributed by atoms with Crippen molar-refractivity contribution in [3.05, 3.63) is 28.8 Å². The van der Waals surface area contributed by atoms with Gasteiger partial charge < -0.3 is 4.74 Å². The molecular weight excluding hydrogens is 288 g/mol. The van der Waals surface area contributed by atoms with Gasteiger partial charge in [-0.2, -0.15) is 0 Å². The zero-order chi connectivity index (χ0) is 14.0. The van der Waals surface area contributed by atoms with Crippen LogP contribution >= 0.6 is 11.6 Å². The van der Waals surface area contributed by atoms with Crippen LogP contribution in [0.4, 0.5) is 0 Å². The first-order chi connectivity index (χ1) is 8.91. The molecule has 1 saturated heterocycles. The summed E-state index contributed by atoms with van der Waals surface area (Å²) in [6.45, 7) is 0. The van der Waals surface area contributed by atoms with Crippen molar-refractivity contribution in [3.63, 3.8) is 0 Å². The lowest BCUT2D eigenvalue weighted by molar-refractivity contribution is 0.0965. The van der Waals surface area contributed by atoms with Crippen LogP contribution in [0.15, 0.2) is 18.2 Å². The first-order valence-electron chi connectivity index (χ1n) is 5.98. The molecule has 0 aliphatic carbocycles. The Morgan fingerprint density at radius 1 is 1.47 bits per heavy atom. The van der Waals surface area contributed by atoms with Gasteiger partial charge >= 0.3 is 0 Å². The van der Waals surface area contributed by atoms with Gasteiger partial charge in [-0.25, -0.2) is 8.42 Å². The number of Topliss-reactive ketones (excluding diaryl/α,β-unsaturated/α-hetero) is 1. The summed E-state index contributed by atoms with van der Waals surface area (Å²) in [7, 11) is -1.46. The highest BCUT2D eigenvalue weighted by Crippen LogP contribution is 2.28. The first kappa shape index (κ1) is 14.3. The highest BCUT2D eigenvalue weighted by atomic mass is 35.5. The summed E-state index contributed by atoms with van der Waals surface area (Å²) in [5.74, 6) is 0.612. The molecule has 0 bridgehead atoms. The number of hydrogen-bond acceptors (Lipinski definition) is 4. The Balaban J connectivity index is 2.08. The lowest BCUT2D eigenvalue weighted by Gasteiger charge is -2.08. The molecule has 1 aliphatic heterocycles. The van der Waals surface area contributed by atoms with Crippen molar-refractivity contribution in [2.24, 2.45) is 5.92 Å². The van der Waals surface area contributed by atoms with E-state index >= 15 is 0 Å². The minimum atomic E-state index is -2.94. The Morgan fingerprint density at radius 2 is 2.21 bits per heavy atom. The molecule has 0 amide bonds. The van der Waals surface area contributed by atoms with E-state index in [1.165, 1.54) is 7.11 Å². The molecule has 0 saturated carbocycles. The summed E-state index contributed by atoms with van der Waals surface area (Å²) in [6, 6.07) is 4.84. The fourth-order valence-electron chi connectivity index (χ4n) is 2.25. The number of carbonyl (C=O) groups excluding carboxylic acids is 1. The topological polar surface area (TPSA) is 60.4 Å². The molecule has 1 heterocycles. The van der Waals surface area contributed by atoms with E-state index in [0.717, 1.165) is 0 Å². The second-order valence-corrected chi connectivity index (χ2v) is 7.38. The number of rotatable bonds is 4. The average Bonchev–Trinajstić information content (AvgIpc) is 2.69. The van der Waals surface area contributed by atoms with E-state index in [1.807, 2.05) is 0 Å². The number of halogens is 1. The monoisotopic (exact) mass is 302 g/mol. The maximum absolute atomic E-state index is 12.1. The number of hydrogen-bond donors (Lipinski definition) is 0. The van der Waals surface area contributed by atoms with E-state index in [1.54, 1.807) is 18.2 Å². The highest BCUT2D eigenvalue weighted by Gasteiger charge is 2.29. The van der Waals surface area contributed by atoms with Gasteiger partial charge in [0.1, 0.15) is 5.75 Å². The van der Waals surface area contributed by atoms with E-state index in [2.05, 4.69) is 0 Å². The third-order valence-corrected chi connectivity index (χ3v) is 5.42. The minimum Gasteiger partial charge on any atom is -0.495 e. The minimum absolute atomic E-state index is 0.0702. The van der Waals surface area contributed by atoms with Crippen molar-refractivity contribution >= 4 is 27.2 Å². The van der Waals surface area contributed by atoms with Crippen molar-refractivity contribution in [2.75, 3.05) is 18.6 Å². The molecule has 1 unspecified atom stereocenters. The van der Waals surface area contributed by atoms with Crippen LogP contribution in [0.2, 0.25) is 5.02 Å². The predicted molar refractivity (Wildman–Crippen MR) is 73.7 cm³/mol. The maximum atomic E-state index is 12.1. The molecule has 1 atom stereocenters. The van der Waals surface area contributed by atoms with Gasteiger partial charge in [-0.15, -0.1) is 0 Å². The summed E-state index contributed by atoms with van der Waals surface area (Å²) < 4.78 is 27.8.